The van der Waals surface area contributed by atoms with E-state index in [1.165, 1.54) is 19.1 Å². The highest BCUT2D eigenvalue weighted by Crippen LogP contribution is 2.25. The Morgan fingerprint density at radius 2 is 1.80 bits per heavy atom. The van der Waals surface area contributed by atoms with Crippen molar-refractivity contribution in [2.24, 2.45) is 0 Å². The van der Waals surface area contributed by atoms with Crippen LogP contribution in [0.5, 0.6) is 5.75 Å². The number of fused-ring (bicyclic) bond motifs is 1. The van der Waals surface area contributed by atoms with Gasteiger partial charge in [0, 0.05) is 6.54 Å². The van der Waals surface area contributed by atoms with E-state index < -0.39 is 24.5 Å². The summed E-state index contributed by atoms with van der Waals surface area (Å²) in [6.45, 7) is 3.20. The summed E-state index contributed by atoms with van der Waals surface area (Å²) >= 11 is 0. The van der Waals surface area contributed by atoms with E-state index in [1.54, 1.807) is 19.1 Å². The number of phenols is 1. The summed E-state index contributed by atoms with van der Waals surface area (Å²) in [5.74, 6) is -1.97. The number of benzene rings is 2. The Hall–Kier alpha value is -3.09. The fourth-order valence-electron chi connectivity index (χ4n) is 2.28. The predicted octanol–water partition coefficient (Wildman–Crippen LogP) is 1.34. The zero-order chi connectivity index (χ0) is 18.4. The van der Waals surface area contributed by atoms with Crippen LogP contribution in [0.3, 0.4) is 0 Å². The van der Waals surface area contributed by atoms with Crippen LogP contribution in [0.4, 0.5) is 0 Å². The Balaban J connectivity index is 1.97. The second-order valence-corrected chi connectivity index (χ2v) is 5.48. The summed E-state index contributed by atoms with van der Waals surface area (Å²) in [6, 6.07) is 9.46. The van der Waals surface area contributed by atoms with Gasteiger partial charge in [-0.15, -0.1) is 0 Å². The lowest BCUT2D eigenvalue weighted by Gasteiger charge is -2.13. The lowest BCUT2D eigenvalue weighted by Crippen LogP contribution is -2.46. The maximum atomic E-state index is 12.1. The Morgan fingerprint density at radius 1 is 1.16 bits per heavy atom. The summed E-state index contributed by atoms with van der Waals surface area (Å²) in [4.78, 5) is 35.4. The van der Waals surface area contributed by atoms with Gasteiger partial charge in [0.15, 0.2) is 6.61 Å². The van der Waals surface area contributed by atoms with E-state index in [2.05, 4.69) is 10.6 Å². The Bertz CT molecular complexity index is 803. The second kappa shape index (κ2) is 8.14. The molecular formula is C18H20N2O5. The van der Waals surface area contributed by atoms with Crippen LogP contribution in [-0.4, -0.2) is 42.1 Å². The third kappa shape index (κ3) is 4.69. The quantitative estimate of drug-likeness (QED) is 0.686. The minimum atomic E-state index is -0.816. The topological polar surface area (TPSA) is 105 Å². The minimum Gasteiger partial charge on any atom is -0.507 e. The maximum Gasteiger partial charge on any atom is 0.342 e. The number of carbonyl (C=O) groups is 3. The fraction of sp³-hybridized carbons (Fsp3) is 0.278. The van der Waals surface area contributed by atoms with Crippen molar-refractivity contribution in [1.82, 2.24) is 10.6 Å². The molecule has 2 aromatic rings. The lowest BCUT2D eigenvalue weighted by atomic mass is 10.1. The largest absolute Gasteiger partial charge is 0.507 e. The van der Waals surface area contributed by atoms with Crippen LogP contribution in [0, 0.1) is 0 Å². The molecule has 25 heavy (non-hydrogen) atoms. The van der Waals surface area contributed by atoms with Gasteiger partial charge in [0.05, 0.1) is 0 Å². The molecular weight excluding hydrogens is 324 g/mol. The van der Waals surface area contributed by atoms with E-state index in [1.807, 2.05) is 12.1 Å². The van der Waals surface area contributed by atoms with Crippen LogP contribution in [0.15, 0.2) is 36.4 Å². The highest BCUT2D eigenvalue weighted by molar-refractivity contribution is 5.99. The number of carbonyl (C=O) groups excluding carboxylic acids is 3. The summed E-state index contributed by atoms with van der Waals surface area (Å²) in [6.07, 6.45) is 0. The fourth-order valence-corrected chi connectivity index (χ4v) is 2.28. The number of esters is 1. The number of rotatable bonds is 6. The molecule has 7 nitrogen and oxygen atoms in total. The van der Waals surface area contributed by atoms with Crippen molar-refractivity contribution >= 4 is 28.6 Å². The molecule has 0 saturated heterocycles. The van der Waals surface area contributed by atoms with Gasteiger partial charge in [-0.25, -0.2) is 4.79 Å². The predicted molar refractivity (Wildman–Crippen MR) is 92.2 cm³/mol. The number of ether oxygens (including phenoxy) is 1. The average molecular weight is 344 g/mol. The van der Waals surface area contributed by atoms with Crippen LogP contribution in [0.25, 0.3) is 10.8 Å². The Labute approximate surface area is 145 Å². The molecule has 0 spiro atoms. The van der Waals surface area contributed by atoms with Crippen LogP contribution < -0.4 is 10.6 Å². The molecule has 0 radical (unpaired) electrons. The molecule has 0 aliphatic carbocycles. The molecule has 7 heteroatoms. The average Bonchev–Trinajstić information content (AvgIpc) is 2.59. The van der Waals surface area contributed by atoms with E-state index in [9.17, 15) is 19.5 Å². The standard InChI is InChI=1S/C18H20N2O5/c1-3-19-17(23)11(2)20-16(22)10-25-18(24)14-8-12-6-4-5-7-13(12)9-15(14)21/h4-9,11,21H,3,10H2,1-2H3,(H,19,23)(H,20,22)/t11-/m0/s1. The van der Waals surface area contributed by atoms with Crippen molar-refractivity contribution in [3.63, 3.8) is 0 Å². The van der Waals surface area contributed by atoms with Crippen LogP contribution in [-0.2, 0) is 14.3 Å². The molecule has 3 N–H and O–H groups in total. The first-order valence-electron chi connectivity index (χ1n) is 7.88. The Kier molecular flexibility index (Phi) is 5.94. The first-order chi connectivity index (χ1) is 11.9. The molecule has 0 bridgehead atoms. The molecule has 2 amide bonds. The van der Waals surface area contributed by atoms with Crippen molar-refractivity contribution in [2.75, 3.05) is 13.2 Å². The summed E-state index contributed by atoms with van der Waals surface area (Å²) in [5.41, 5.74) is -0.0247. The second-order valence-electron chi connectivity index (χ2n) is 5.48. The summed E-state index contributed by atoms with van der Waals surface area (Å²) in [5, 5.41) is 16.5. The minimum absolute atomic E-state index is 0.0247. The van der Waals surface area contributed by atoms with Gasteiger partial charge in [-0.1, -0.05) is 24.3 Å². The molecule has 0 saturated carbocycles. The number of aromatic hydroxyl groups is 1. The highest BCUT2D eigenvalue weighted by atomic mass is 16.5. The van der Waals surface area contributed by atoms with Gasteiger partial charge in [-0.3, -0.25) is 9.59 Å². The SMILES string of the molecule is CCNC(=O)[C@H](C)NC(=O)COC(=O)c1cc2ccccc2cc1O. The molecule has 1 atom stereocenters. The maximum absolute atomic E-state index is 12.1. The summed E-state index contributed by atoms with van der Waals surface area (Å²) in [7, 11) is 0. The zero-order valence-electron chi connectivity index (χ0n) is 14.0. The lowest BCUT2D eigenvalue weighted by molar-refractivity contribution is -0.130. The number of hydrogen-bond donors (Lipinski definition) is 3. The van der Waals surface area contributed by atoms with Crippen molar-refractivity contribution < 1.29 is 24.2 Å². The molecule has 0 fully saturated rings. The van der Waals surface area contributed by atoms with Crippen molar-refractivity contribution in [3.8, 4) is 5.75 Å². The molecule has 0 aliphatic heterocycles. The first kappa shape index (κ1) is 18.3. The van der Waals surface area contributed by atoms with Gasteiger partial charge in [-0.05, 0) is 36.8 Å². The number of hydrogen-bond acceptors (Lipinski definition) is 5. The normalized spacial score (nSPS) is 11.6. The van der Waals surface area contributed by atoms with E-state index >= 15 is 0 Å². The van der Waals surface area contributed by atoms with Gasteiger partial charge in [0.2, 0.25) is 5.91 Å². The van der Waals surface area contributed by atoms with Crippen molar-refractivity contribution in [2.45, 2.75) is 19.9 Å². The number of amides is 2. The highest BCUT2D eigenvalue weighted by Gasteiger charge is 2.18. The van der Waals surface area contributed by atoms with Crippen LogP contribution in [0.2, 0.25) is 0 Å². The van der Waals surface area contributed by atoms with Crippen LogP contribution >= 0.6 is 0 Å². The third-order valence-electron chi connectivity index (χ3n) is 3.54. The van der Waals surface area contributed by atoms with Gasteiger partial charge in [0.25, 0.3) is 5.91 Å². The summed E-state index contributed by atoms with van der Waals surface area (Å²) < 4.78 is 4.92. The monoisotopic (exact) mass is 344 g/mol. The first-order valence-corrected chi connectivity index (χ1v) is 7.88. The van der Waals surface area contributed by atoms with E-state index in [0.717, 1.165) is 10.8 Å². The molecule has 0 unspecified atom stereocenters. The molecule has 2 rings (SSSR count). The molecule has 0 aliphatic rings. The molecule has 0 heterocycles. The van der Waals surface area contributed by atoms with E-state index in [-0.39, 0.29) is 17.2 Å². The Morgan fingerprint density at radius 3 is 2.44 bits per heavy atom. The van der Waals surface area contributed by atoms with Gasteiger partial charge < -0.3 is 20.5 Å². The van der Waals surface area contributed by atoms with Crippen molar-refractivity contribution in [1.29, 1.82) is 0 Å². The number of nitrogens with one attached hydrogen (secondary N) is 2. The van der Waals surface area contributed by atoms with E-state index in [0.29, 0.717) is 6.54 Å². The zero-order valence-corrected chi connectivity index (χ0v) is 14.0. The van der Waals surface area contributed by atoms with Crippen LogP contribution in [0.1, 0.15) is 24.2 Å². The molecule has 132 valence electrons. The third-order valence-corrected chi connectivity index (χ3v) is 3.54. The van der Waals surface area contributed by atoms with Gasteiger partial charge >= 0.3 is 5.97 Å². The smallest absolute Gasteiger partial charge is 0.342 e. The molecule has 0 aromatic heterocycles. The van der Waals surface area contributed by atoms with Crippen molar-refractivity contribution in [3.05, 3.63) is 42.0 Å². The van der Waals surface area contributed by atoms with Gasteiger partial charge in [0.1, 0.15) is 17.4 Å². The number of likely N-dealkylation sites (N-methyl/N-ethyl adjacent to an activating group) is 1. The number of phenolic OH excluding ortho intramolecular Hbond substituents is 1. The van der Waals surface area contributed by atoms with E-state index in [4.69, 9.17) is 4.74 Å². The van der Waals surface area contributed by atoms with Gasteiger partial charge in [-0.2, -0.15) is 0 Å². The molecule has 2 aromatic carbocycles.